The summed E-state index contributed by atoms with van der Waals surface area (Å²) in [6.07, 6.45) is 8.06. The van der Waals surface area contributed by atoms with E-state index in [9.17, 15) is 4.79 Å². The summed E-state index contributed by atoms with van der Waals surface area (Å²) in [6.45, 7) is 5.68. The van der Waals surface area contributed by atoms with E-state index in [0.717, 1.165) is 19.3 Å². The Balaban J connectivity index is 2.39. The van der Waals surface area contributed by atoms with Gasteiger partial charge in [0.1, 0.15) is 5.75 Å². The van der Waals surface area contributed by atoms with Crippen molar-refractivity contribution in [3.05, 3.63) is 23.8 Å². The number of rotatable bonds is 11. The van der Waals surface area contributed by atoms with E-state index in [1.165, 1.54) is 25.7 Å². The van der Waals surface area contributed by atoms with Gasteiger partial charge in [-0.05, 0) is 31.0 Å². The lowest BCUT2D eigenvalue weighted by atomic mass is 10.1. The van der Waals surface area contributed by atoms with Crippen molar-refractivity contribution in [3.63, 3.8) is 0 Å². The van der Waals surface area contributed by atoms with Crippen molar-refractivity contribution in [1.29, 1.82) is 0 Å². The van der Waals surface area contributed by atoms with Crippen LogP contribution in [0, 0.1) is 0 Å². The van der Waals surface area contributed by atoms with Crippen LogP contribution < -0.4 is 15.8 Å². The lowest BCUT2D eigenvalue weighted by Gasteiger charge is -2.10. The molecule has 0 radical (unpaired) electrons. The highest BCUT2D eigenvalue weighted by atomic mass is 16.5. The van der Waals surface area contributed by atoms with Gasteiger partial charge in [-0.3, -0.25) is 4.79 Å². The Morgan fingerprint density at radius 3 is 2.50 bits per heavy atom. The average molecular weight is 306 g/mol. The zero-order valence-electron chi connectivity index (χ0n) is 14.0. The SMILES string of the molecule is CCCCCCCOc1ccc(C(=O)NCCCC)cc1N. The molecule has 124 valence electrons. The minimum Gasteiger partial charge on any atom is -0.491 e. The predicted molar refractivity (Wildman–Crippen MR) is 92.3 cm³/mol. The molecule has 0 saturated heterocycles. The zero-order valence-corrected chi connectivity index (χ0v) is 14.0. The maximum absolute atomic E-state index is 11.9. The van der Waals surface area contributed by atoms with Crippen molar-refractivity contribution >= 4 is 11.6 Å². The fraction of sp³-hybridized carbons (Fsp3) is 0.611. The molecular weight excluding hydrogens is 276 g/mol. The number of carbonyl (C=O) groups is 1. The van der Waals surface area contributed by atoms with Crippen LogP contribution >= 0.6 is 0 Å². The number of anilines is 1. The van der Waals surface area contributed by atoms with Gasteiger partial charge in [-0.15, -0.1) is 0 Å². The van der Waals surface area contributed by atoms with E-state index in [1.54, 1.807) is 18.2 Å². The van der Waals surface area contributed by atoms with Crippen LogP contribution in [0.15, 0.2) is 18.2 Å². The second-order valence-electron chi connectivity index (χ2n) is 5.62. The number of nitrogen functional groups attached to an aromatic ring is 1. The fourth-order valence-electron chi connectivity index (χ4n) is 2.19. The third-order valence-corrected chi connectivity index (χ3v) is 3.59. The summed E-state index contributed by atoms with van der Waals surface area (Å²) < 4.78 is 5.69. The molecule has 22 heavy (non-hydrogen) atoms. The molecule has 1 aromatic rings. The number of unbranched alkanes of at least 4 members (excludes halogenated alkanes) is 5. The number of ether oxygens (including phenoxy) is 1. The van der Waals surface area contributed by atoms with Gasteiger partial charge in [-0.2, -0.15) is 0 Å². The van der Waals surface area contributed by atoms with Crippen molar-refractivity contribution in [2.75, 3.05) is 18.9 Å². The van der Waals surface area contributed by atoms with Crippen LogP contribution in [0.4, 0.5) is 5.69 Å². The van der Waals surface area contributed by atoms with Crippen molar-refractivity contribution in [1.82, 2.24) is 5.32 Å². The minimum atomic E-state index is -0.0775. The molecule has 1 rings (SSSR count). The molecule has 1 amide bonds. The molecule has 0 aliphatic rings. The highest BCUT2D eigenvalue weighted by molar-refractivity contribution is 5.95. The quantitative estimate of drug-likeness (QED) is 0.477. The molecule has 0 atom stereocenters. The molecule has 0 bridgehead atoms. The predicted octanol–water partition coefficient (Wildman–Crippen LogP) is 4.15. The summed E-state index contributed by atoms with van der Waals surface area (Å²) >= 11 is 0. The summed E-state index contributed by atoms with van der Waals surface area (Å²) in [5, 5.41) is 2.88. The molecule has 0 fully saturated rings. The number of hydrogen-bond acceptors (Lipinski definition) is 3. The van der Waals surface area contributed by atoms with Gasteiger partial charge in [0.2, 0.25) is 0 Å². The van der Waals surface area contributed by atoms with Crippen molar-refractivity contribution in [2.24, 2.45) is 0 Å². The molecule has 4 heteroatoms. The van der Waals surface area contributed by atoms with Crippen LogP contribution in [0.2, 0.25) is 0 Å². The third kappa shape index (κ3) is 6.83. The summed E-state index contributed by atoms with van der Waals surface area (Å²) in [6, 6.07) is 5.24. The molecule has 0 unspecified atom stereocenters. The highest BCUT2D eigenvalue weighted by Gasteiger charge is 2.08. The Hall–Kier alpha value is -1.71. The van der Waals surface area contributed by atoms with Gasteiger partial charge in [-0.25, -0.2) is 0 Å². The minimum absolute atomic E-state index is 0.0775. The smallest absolute Gasteiger partial charge is 0.251 e. The first-order chi connectivity index (χ1) is 10.7. The second-order valence-corrected chi connectivity index (χ2v) is 5.62. The first kappa shape index (κ1) is 18.3. The first-order valence-electron chi connectivity index (χ1n) is 8.49. The van der Waals surface area contributed by atoms with Gasteiger partial charge in [0.25, 0.3) is 5.91 Å². The van der Waals surface area contributed by atoms with E-state index in [0.29, 0.717) is 30.2 Å². The van der Waals surface area contributed by atoms with Crippen LogP contribution in [0.1, 0.15) is 69.2 Å². The van der Waals surface area contributed by atoms with Crippen molar-refractivity contribution < 1.29 is 9.53 Å². The summed E-state index contributed by atoms with van der Waals surface area (Å²) in [4.78, 5) is 11.9. The number of nitrogens with one attached hydrogen (secondary N) is 1. The molecule has 0 heterocycles. The van der Waals surface area contributed by atoms with E-state index in [1.807, 2.05) is 0 Å². The lowest BCUT2D eigenvalue weighted by Crippen LogP contribution is -2.24. The summed E-state index contributed by atoms with van der Waals surface area (Å²) in [5.74, 6) is 0.590. The maximum atomic E-state index is 11.9. The molecule has 0 spiro atoms. The summed E-state index contributed by atoms with van der Waals surface area (Å²) in [7, 11) is 0. The van der Waals surface area contributed by atoms with Gasteiger partial charge in [0.05, 0.1) is 12.3 Å². The first-order valence-corrected chi connectivity index (χ1v) is 8.49. The second kappa shape index (κ2) is 10.9. The van der Waals surface area contributed by atoms with E-state index in [4.69, 9.17) is 10.5 Å². The van der Waals surface area contributed by atoms with Crippen LogP contribution in [0.3, 0.4) is 0 Å². The average Bonchev–Trinajstić information content (AvgIpc) is 2.52. The van der Waals surface area contributed by atoms with Crippen molar-refractivity contribution in [3.8, 4) is 5.75 Å². The molecule has 0 aliphatic heterocycles. The molecule has 0 saturated carbocycles. The maximum Gasteiger partial charge on any atom is 0.251 e. The fourth-order valence-corrected chi connectivity index (χ4v) is 2.19. The number of carbonyl (C=O) groups excluding carboxylic acids is 1. The highest BCUT2D eigenvalue weighted by Crippen LogP contribution is 2.23. The van der Waals surface area contributed by atoms with Gasteiger partial charge >= 0.3 is 0 Å². The van der Waals surface area contributed by atoms with Crippen LogP contribution in [-0.4, -0.2) is 19.1 Å². The number of hydrogen-bond donors (Lipinski definition) is 2. The zero-order chi connectivity index (χ0) is 16.2. The van der Waals surface area contributed by atoms with E-state index in [-0.39, 0.29) is 5.91 Å². The van der Waals surface area contributed by atoms with E-state index < -0.39 is 0 Å². The molecule has 0 aromatic heterocycles. The third-order valence-electron chi connectivity index (χ3n) is 3.59. The van der Waals surface area contributed by atoms with Gasteiger partial charge in [0.15, 0.2) is 0 Å². The Kier molecular flexibility index (Phi) is 9.12. The van der Waals surface area contributed by atoms with E-state index in [2.05, 4.69) is 19.2 Å². The monoisotopic (exact) mass is 306 g/mol. The van der Waals surface area contributed by atoms with Crippen LogP contribution in [0.25, 0.3) is 0 Å². The van der Waals surface area contributed by atoms with Gasteiger partial charge < -0.3 is 15.8 Å². The molecule has 0 aliphatic carbocycles. The Morgan fingerprint density at radius 1 is 1.09 bits per heavy atom. The topological polar surface area (TPSA) is 64.3 Å². The largest absolute Gasteiger partial charge is 0.491 e. The van der Waals surface area contributed by atoms with Gasteiger partial charge in [0, 0.05) is 12.1 Å². The summed E-state index contributed by atoms with van der Waals surface area (Å²) in [5.41, 5.74) is 7.08. The van der Waals surface area contributed by atoms with Crippen LogP contribution in [0.5, 0.6) is 5.75 Å². The molecular formula is C18H30N2O2. The van der Waals surface area contributed by atoms with Crippen molar-refractivity contribution in [2.45, 2.75) is 58.8 Å². The standard InChI is InChI=1S/C18H30N2O2/c1-3-5-7-8-9-13-22-17-11-10-15(14-16(17)19)18(21)20-12-6-4-2/h10-11,14H,3-9,12-13,19H2,1-2H3,(H,20,21). The molecule has 3 N–H and O–H groups in total. The molecule has 1 aromatic carbocycles. The normalized spacial score (nSPS) is 10.5. The lowest BCUT2D eigenvalue weighted by molar-refractivity contribution is 0.0953. The number of nitrogens with two attached hydrogens (primary N) is 1. The number of benzene rings is 1. The van der Waals surface area contributed by atoms with E-state index >= 15 is 0 Å². The number of amides is 1. The Labute approximate surface area is 134 Å². The van der Waals surface area contributed by atoms with Crippen LogP contribution in [-0.2, 0) is 0 Å². The van der Waals surface area contributed by atoms with Gasteiger partial charge in [-0.1, -0.05) is 46.0 Å². The molecule has 4 nitrogen and oxygen atoms in total. The Morgan fingerprint density at radius 2 is 1.82 bits per heavy atom. The Bertz CT molecular complexity index is 447.